The van der Waals surface area contributed by atoms with Gasteiger partial charge in [0.25, 0.3) is 0 Å². The first-order chi connectivity index (χ1) is 11.1. The third-order valence-electron chi connectivity index (χ3n) is 5.01. The van der Waals surface area contributed by atoms with Crippen molar-refractivity contribution in [3.8, 4) is 0 Å². The first kappa shape index (κ1) is 16.0. The Morgan fingerprint density at radius 3 is 2.39 bits per heavy atom. The van der Waals surface area contributed by atoms with Crippen LogP contribution in [0.2, 0.25) is 0 Å². The molecule has 1 aromatic carbocycles. The summed E-state index contributed by atoms with van der Waals surface area (Å²) in [6.45, 7) is 4.22. The highest BCUT2D eigenvalue weighted by Crippen LogP contribution is 2.40. The molecular formula is C19H26N2O2. The van der Waals surface area contributed by atoms with Gasteiger partial charge in [0.15, 0.2) is 0 Å². The second-order valence-electron chi connectivity index (χ2n) is 7.17. The number of para-hydroxylation sites is 1. The van der Waals surface area contributed by atoms with Crippen LogP contribution in [0.5, 0.6) is 0 Å². The van der Waals surface area contributed by atoms with E-state index in [2.05, 4.69) is 24.5 Å². The van der Waals surface area contributed by atoms with Crippen molar-refractivity contribution in [1.82, 2.24) is 5.32 Å². The van der Waals surface area contributed by atoms with Gasteiger partial charge in [-0.15, -0.1) is 0 Å². The van der Waals surface area contributed by atoms with Crippen LogP contribution >= 0.6 is 0 Å². The van der Waals surface area contributed by atoms with Gasteiger partial charge in [0.1, 0.15) is 0 Å². The molecule has 23 heavy (non-hydrogen) atoms. The van der Waals surface area contributed by atoms with Crippen molar-refractivity contribution in [3.63, 3.8) is 0 Å². The van der Waals surface area contributed by atoms with Crippen molar-refractivity contribution in [1.29, 1.82) is 0 Å². The number of amides is 2. The van der Waals surface area contributed by atoms with Crippen molar-refractivity contribution < 1.29 is 9.59 Å². The van der Waals surface area contributed by atoms with E-state index in [4.69, 9.17) is 0 Å². The van der Waals surface area contributed by atoms with E-state index in [0.717, 1.165) is 24.1 Å². The Balaban J connectivity index is 1.55. The maximum atomic E-state index is 12.4. The number of carbonyl (C=O) groups excluding carboxylic acids is 2. The molecule has 0 spiro atoms. The largest absolute Gasteiger partial charge is 0.353 e. The minimum absolute atomic E-state index is 0.0235. The zero-order valence-electron chi connectivity index (χ0n) is 14.0. The summed E-state index contributed by atoms with van der Waals surface area (Å²) in [5.41, 5.74) is 2.00. The van der Waals surface area contributed by atoms with Gasteiger partial charge in [-0.1, -0.05) is 44.9 Å². The van der Waals surface area contributed by atoms with Crippen LogP contribution in [-0.4, -0.2) is 17.9 Å². The summed E-state index contributed by atoms with van der Waals surface area (Å²) in [6.07, 6.45) is 5.24. The first-order valence-corrected chi connectivity index (χ1v) is 8.76. The van der Waals surface area contributed by atoms with E-state index in [1.807, 2.05) is 24.3 Å². The van der Waals surface area contributed by atoms with Crippen LogP contribution < -0.4 is 10.6 Å². The maximum absolute atomic E-state index is 12.4. The number of rotatable bonds is 5. The highest BCUT2D eigenvalue weighted by Gasteiger charge is 2.48. The van der Waals surface area contributed by atoms with Gasteiger partial charge in [-0.05, 0) is 36.8 Å². The SMILES string of the molecule is CC(C)c1ccccc1NC(=O)C1CC1C(=O)NC1CCCC1. The predicted octanol–water partition coefficient (Wildman–Crippen LogP) is 3.44. The second-order valence-corrected chi connectivity index (χ2v) is 7.17. The van der Waals surface area contributed by atoms with Crippen molar-refractivity contribution in [2.45, 2.75) is 57.9 Å². The molecule has 2 N–H and O–H groups in total. The molecule has 124 valence electrons. The van der Waals surface area contributed by atoms with E-state index in [-0.39, 0.29) is 23.7 Å². The number of carbonyl (C=O) groups is 2. The van der Waals surface area contributed by atoms with Crippen LogP contribution in [0.3, 0.4) is 0 Å². The van der Waals surface area contributed by atoms with Crippen LogP contribution in [0.25, 0.3) is 0 Å². The lowest BCUT2D eigenvalue weighted by Gasteiger charge is -2.14. The third kappa shape index (κ3) is 3.74. The van der Waals surface area contributed by atoms with Gasteiger partial charge in [-0.3, -0.25) is 9.59 Å². The predicted molar refractivity (Wildman–Crippen MR) is 91.2 cm³/mol. The summed E-state index contributed by atoms with van der Waals surface area (Å²) in [5, 5.41) is 6.11. The summed E-state index contributed by atoms with van der Waals surface area (Å²) >= 11 is 0. The molecule has 0 aliphatic heterocycles. The number of nitrogens with one attached hydrogen (secondary N) is 2. The van der Waals surface area contributed by atoms with Gasteiger partial charge in [0, 0.05) is 11.7 Å². The van der Waals surface area contributed by atoms with Crippen molar-refractivity contribution in [2.75, 3.05) is 5.32 Å². The van der Waals surface area contributed by atoms with Gasteiger partial charge >= 0.3 is 0 Å². The van der Waals surface area contributed by atoms with E-state index in [0.29, 0.717) is 18.4 Å². The van der Waals surface area contributed by atoms with Crippen molar-refractivity contribution in [3.05, 3.63) is 29.8 Å². The number of hydrogen-bond donors (Lipinski definition) is 2. The lowest BCUT2D eigenvalue weighted by molar-refractivity contribution is -0.125. The van der Waals surface area contributed by atoms with Crippen LogP contribution in [-0.2, 0) is 9.59 Å². The van der Waals surface area contributed by atoms with Gasteiger partial charge in [-0.2, -0.15) is 0 Å². The summed E-state index contributed by atoms with van der Waals surface area (Å²) in [6, 6.07) is 8.22. The van der Waals surface area contributed by atoms with E-state index in [1.54, 1.807) is 0 Å². The third-order valence-corrected chi connectivity index (χ3v) is 5.01. The average Bonchev–Trinajstić information content (AvgIpc) is 3.18. The average molecular weight is 314 g/mol. The van der Waals surface area contributed by atoms with Crippen LogP contribution in [0.1, 0.15) is 57.4 Å². The standard InChI is InChI=1S/C19H26N2O2/c1-12(2)14-9-5-6-10-17(14)21-19(23)16-11-15(16)18(22)20-13-7-3-4-8-13/h5-6,9-10,12-13,15-16H,3-4,7-8,11H2,1-2H3,(H,20,22)(H,21,23). The van der Waals surface area contributed by atoms with E-state index >= 15 is 0 Å². The lowest BCUT2D eigenvalue weighted by atomic mass is 10.0. The molecule has 1 aromatic rings. The smallest absolute Gasteiger partial charge is 0.228 e. The highest BCUT2D eigenvalue weighted by molar-refractivity contribution is 6.00. The normalized spacial score (nSPS) is 23.8. The van der Waals surface area contributed by atoms with Gasteiger partial charge < -0.3 is 10.6 Å². The molecule has 2 amide bonds. The van der Waals surface area contributed by atoms with E-state index in [9.17, 15) is 9.59 Å². The number of hydrogen-bond acceptors (Lipinski definition) is 2. The van der Waals surface area contributed by atoms with Gasteiger partial charge in [0.05, 0.1) is 11.8 Å². The Bertz CT molecular complexity index is 591. The number of anilines is 1. The molecule has 2 aliphatic rings. The van der Waals surface area contributed by atoms with Crippen LogP contribution in [0.4, 0.5) is 5.69 Å². The zero-order chi connectivity index (χ0) is 16.4. The maximum Gasteiger partial charge on any atom is 0.228 e. The fraction of sp³-hybridized carbons (Fsp3) is 0.579. The molecule has 2 aliphatic carbocycles. The molecule has 2 saturated carbocycles. The van der Waals surface area contributed by atoms with Gasteiger partial charge in [-0.25, -0.2) is 0 Å². The lowest BCUT2D eigenvalue weighted by Crippen LogP contribution is -2.34. The minimum Gasteiger partial charge on any atom is -0.353 e. The Hall–Kier alpha value is -1.84. The molecule has 2 unspecified atom stereocenters. The summed E-state index contributed by atoms with van der Waals surface area (Å²) in [4.78, 5) is 24.6. The minimum atomic E-state index is -0.170. The Morgan fingerprint density at radius 2 is 1.70 bits per heavy atom. The van der Waals surface area contributed by atoms with Crippen molar-refractivity contribution >= 4 is 17.5 Å². The molecule has 0 heterocycles. The Kier molecular flexibility index (Phi) is 4.69. The molecule has 0 bridgehead atoms. The summed E-state index contributed by atoms with van der Waals surface area (Å²) in [7, 11) is 0. The highest BCUT2D eigenvalue weighted by atomic mass is 16.2. The summed E-state index contributed by atoms with van der Waals surface area (Å²) in [5.74, 6) is 0.0875. The van der Waals surface area contributed by atoms with E-state index in [1.165, 1.54) is 12.8 Å². The number of benzene rings is 1. The molecular weight excluding hydrogens is 288 g/mol. The first-order valence-electron chi connectivity index (χ1n) is 8.76. The zero-order valence-corrected chi connectivity index (χ0v) is 14.0. The molecule has 0 aromatic heterocycles. The molecule has 4 heteroatoms. The van der Waals surface area contributed by atoms with Crippen molar-refractivity contribution in [2.24, 2.45) is 11.8 Å². The van der Waals surface area contributed by atoms with Gasteiger partial charge in [0.2, 0.25) is 11.8 Å². The quantitative estimate of drug-likeness (QED) is 0.874. The topological polar surface area (TPSA) is 58.2 Å². The molecule has 0 saturated heterocycles. The second kappa shape index (κ2) is 6.73. The fourth-order valence-corrected chi connectivity index (χ4v) is 3.49. The molecule has 2 fully saturated rings. The van der Waals surface area contributed by atoms with Crippen LogP contribution in [0, 0.1) is 11.8 Å². The van der Waals surface area contributed by atoms with Crippen LogP contribution in [0.15, 0.2) is 24.3 Å². The molecule has 3 rings (SSSR count). The Morgan fingerprint density at radius 1 is 1.04 bits per heavy atom. The summed E-state index contributed by atoms with van der Waals surface area (Å²) < 4.78 is 0. The molecule has 2 atom stereocenters. The Labute approximate surface area is 138 Å². The monoisotopic (exact) mass is 314 g/mol. The molecule has 0 radical (unpaired) electrons. The molecule has 4 nitrogen and oxygen atoms in total. The fourth-order valence-electron chi connectivity index (χ4n) is 3.49. The van der Waals surface area contributed by atoms with E-state index < -0.39 is 0 Å².